The molecule has 9 nitrogen and oxygen atoms in total. The second kappa shape index (κ2) is 8.28. The monoisotopic (exact) mass is 356 g/mol. The Balaban J connectivity index is 1.90. The van der Waals surface area contributed by atoms with Crippen molar-refractivity contribution in [3.63, 3.8) is 0 Å². The van der Waals surface area contributed by atoms with Crippen LogP contribution in [0.4, 0.5) is 0 Å². The van der Waals surface area contributed by atoms with Gasteiger partial charge in [-0.1, -0.05) is 6.07 Å². The molecule has 0 amide bonds. The van der Waals surface area contributed by atoms with Gasteiger partial charge in [0.25, 0.3) is 0 Å². The van der Waals surface area contributed by atoms with Crippen molar-refractivity contribution in [1.82, 2.24) is 0 Å². The molecule has 138 valence electrons. The van der Waals surface area contributed by atoms with Crippen LogP contribution in [0.1, 0.15) is 5.56 Å². The summed E-state index contributed by atoms with van der Waals surface area (Å²) in [6.07, 6.45) is -5.12. The Morgan fingerprint density at radius 2 is 1.92 bits per heavy atom. The number of aromatic hydroxyl groups is 1. The molecule has 2 rings (SSSR count). The number of phenolic OH excluding ortho intramolecular Hbond substituents is 1. The second-order valence-corrected chi connectivity index (χ2v) is 5.43. The molecular formula is C16H20O9. The summed E-state index contributed by atoms with van der Waals surface area (Å²) in [4.78, 5) is 11.7. The van der Waals surface area contributed by atoms with Gasteiger partial charge in [0.15, 0.2) is 17.8 Å². The van der Waals surface area contributed by atoms with Gasteiger partial charge in [0.1, 0.15) is 31.0 Å². The molecule has 9 heteroatoms. The highest BCUT2D eigenvalue weighted by molar-refractivity contribution is 5.87. The van der Waals surface area contributed by atoms with E-state index in [4.69, 9.17) is 14.2 Å². The summed E-state index contributed by atoms with van der Waals surface area (Å²) in [5.41, 5.74) is 0.578. The van der Waals surface area contributed by atoms with Gasteiger partial charge < -0.3 is 39.7 Å². The summed E-state index contributed by atoms with van der Waals surface area (Å²) in [6, 6.07) is 4.48. The van der Waals surface area contributed by atoms with E-state index in [1.165, 1.54) is 25.3 Å². The van der Waals surface area contributed by atoms with E-state index < -0.39 is 43.3 Å². The maximum atomic E-state index is 11.7. The number of aliphatic hydroxyl groups is 4. The van der Waals surface area contributed by atoms with E-state index in [1.807, 2.05) is 0 Å². The molecule has 5 atom stereocenters. The SMILES string of the molecule is COc1cc(/C=C/C(=O)OC[C@H]2OC(O)[C@H](O)[C@@H](O)[C@H]2O)ccc1O. The van der Waals surface area contributed by atoms with Crippen molar-refractivity contribution in [2.45, 2.75) is 30.7 Å². The molecule has 25 heavy (non-hydrogen) atoms. The Bertz CT molecular complexity index is 630. The predicted octanol–water partition coefficient (Wildman–Crippen LogP) is -1.24. The van der Waals surface area contributed by atoms with Gasteiger partial charge in [-0.2, -0.15) is 0 Å². The fraction of sp³-hybridized carbons (Fsp3) is 0.438. The number of methoxy groups -OCH3 is 1. The number of carbonyl (C=O) groups is 1. The molecule has 1 heterocycles. The molecule has 1 saturated heterocycles. The van der Waals surface area contributed by atoms with Crippen LogP contribution < -0.4 is 4.74 Å². The lowest BCUT2D eigenvalue weighted by Gasteiger charge is -2.37. The molecule has 1 aliphatic heterocycles. The number of benzene rings is 1. The molecule has 1 aromatic rings. The van der Waals surface area contributed by atoms with Crippen molar-refractivity contribution in [2.24, 2.45) is 0 Å². The second-order valence-electron chi connectivity index (χ2n) is 5.43. The number of esters is 1. The Morgan fingerprint density at radius 3 is 2.60 bits per heavy atom. The van der Waals surface area contributed by atoms with E-state index >= 15 is 0 Å². The molecule has 0 spiro atoms. The highest BCUT2D eigenvalue weighted by atomic mass is 16.6. The standard InChI is InChI=1S/C16H20O9/c1-23-10-6-8(2-4-9(10)17)3-5-12(18)24-7-11-13(19)14(20)15(21)16(22)25-11/h2-6,11,13-17,19-22H,7H2,1H3/b5-3+/t11-,13+,14+,15-,16?/m1/s1. The minimum absolute atomic E-state index is 0.0371. The highest BCUT2D eigenvalue weighted by Gasteiger charge is 2.43. The van der Waals surface area contributed by atoms with Gasteiger partial charge in [-0.05, 0) is 23.8 Å². The van der Waals surface area contributed by atoms with E-state index in [2.05, 4.69) is 0 Å². The van der Waals surface area contributed by atoms with Crippen molar-refractivity contribution in [3.8, 4) is 11.5 Å². The van der Waals surface area contributed by atoms with Gasteiger partial charge in [0.05, 0.1) is 7.11 Å². The van der Waals surface area contributed by atoms with E-state index in [0.717, 1.165) is 6.08 Å². The Kier molecular flexibility index (Phi) is 6.34. The number of ether oxygens (including phenoxy) is 3. The molecule has 5 N–H and O–H groups in total. The summed E-state index contributed by atoms with van der Waals surface area (Å²) < 4.78 is 14.7. The normalized spacial score (nSPS) is 29.6. The topological polar surface area (TPSA) is 146 Å². The molecular weight excluding hydrogens is 336 g/mol. The van der Waals surface area contributed by atoms with Crippen molar-refractivity contribution in [3.05, 3.63) is 29.8 Å². The van der Waals surface area contributed by atoms with Crippen molar-refractivity contribution in [1.29, 1.82) is 0 Å². The zero-order valence-electron chi connectivity index (χ0n) is 13.3. The zero-order chi connectivity index (χ0) is 18.6. The van der Waals surface area contributed by atoms with Crippen LogP contribution in [0, 0.1) is 0 Å². The minimum Gasteiger partial charge on any atom is -0.504 e. The molecule has 0 bridgehead atoms. The van der Waals surface area contributed by atoms with Crippen LogP contribution in [0.15, 0.2) is 24.3 Å². The third-order valence-corrected chi connectivity index (χ3v) is 3.69. The van der Waals surface area contributed by atoms with E-state index in [-0.39, 0.29) is 11.5 Å². The van der Waals surface area contributed by atoms with Gasteiger partial charge in [-0.15, -0.1) is 0 Å². The lowest BCUT2D eigenvalue weighted by molar-refractivity contribution is -0.287. The van der Waals surface area contributed by atoms with Crippen molar-refractivity contribution in [2.75, 3.05) is 13.7 Å². The average Bonchev–Trinajstić information content (AvgIpc) is 2.61. The van der Waals surface area contributed by atoms with E-state index in [1.54, 1.807) is 6.07 Å². The number of phenols is 1. The zero-order valence-corrected chi connectivity index (χ0v) is 13.3. The van der Waals surface area contributed by atoms with Gasteiger partial charge in [0.2, 0.25) is 0 Å². The number of carbonyl (C=O) groups excluding carboxylic acids is 1. The lowest BCUT2D eigenvalue weighted by atomic mass is 9.99. The summed E-state index contributed by atoms with van der Waals surface area (Å²) in [5, 5.41) is 47.5. The first kappa shape index (κ1) is 19.2. The first-order valence-corrected chi connectivity index (χ1v) is 7.43. The molecule has 1 aliphatic rings. The van der Waals surface area contributed by atoms with Crippen LogP contribution in [0.2, 0.25) is 0 Å². The van der Waals surface area contributed by atoms with Gasteiger partial charge in [-0.25, -0.2) is 4.79 Å². The first-order valence-electron chi connectivity index (χ1n) is 7.43. The quantitative estimate of drug-likeness (QED) is 0.323. The predicted molar refractivity (Wildman–Crippen MR) is 83.6 cm³/mol. The molecule has 1 unspecified atom stereocenters. The molecule has 1 aromatic carbocycles. The van der Waals surface area contributed by atoms with Crippen LogP contribution in [0.5, 0.6) is 11.5 Å². The lowest BCUT2D eigenvalue weighted by Crippen LogP contribution is -2.58. The molecule has 0 aromatic heterocycles. The summed E-state index contributed by atoms with van der Waals surface area (Å²) >= 11 is 0. The Labute approximate surface area is 143 Å². The number of rotatable bonds is 5. The van der Waals surface area contributed by atoms with Crippen LogP contribution >= 0.6 is 0 Å². The van der Waals surface area contributed by atoms with E-state index in [9.17, 15) is 30.3 Å². The third kappa shape index (κ3) is 4.68. The summed E-state index contributed by atoms with van der Waals surface area (Å²) in [5.74, 6) is -0.543. The van der Waals surface area contributed by atoms with Gasteiger partial charge in [-0.3, -0.25) is 0 Å². The summed E-state index contributed by atoms with van der Waals surface area (Å²) in [7, 11) is 1.39. The highest BCUT2D eigenvalue weighted by Crippen LogP contribution is 2.26. The van der Waals surface area contributed by atoms with E-state index in [0.29, 0.717) is 5.56 Å². The van der Waals surface area contributed by atoms with Gasteiger partial charge >= 0.3 is 5.97 Å². The smallest absolute Gasteiger partial charge is 0.330 e. The fourth-order valence-corrected chi connectivity index (χ4v) is 2.24. The first-order chi connectivity index (χ1) is 11.8. The maximum Gasteiger partial charge on any atom is 0.330 e. The average molecular weight is 356 g/mol. The fourth-order valence-electron chi connectivity index (χ4n) is 2.24. The van der Waals surface area contributed by atoms with Crippen LogP contribution in [0.3, 0.4) is 0 Å². The number of hydrogen-bond donors (Lipinski definition) is 5. The Hall–Kier alpha value is -2.17. The third-order valence-electron chi connectivity index (χ3n) is 3.69. The van der Waals surface area contributed by atoms with Gasteiger partial charge in [0, 0.05) is 6.08 Å². The van der Waals surface area contributed by atoms with Crippen molar-refractivity contribution < 1.29 is 44.5 Å². The number of hydrogen-bond acceptors (Lipinski definition) is 9. The van der Waals surface area contributed by atoms with Crippen LogP contribution in [-0.2, 0) is 14.3 Å². The minimum atomic E-state index is -1.69. The number of aliphatic hydroxyl groups excluding tert-OH is 4. The maximum absolute atomic E-state index is 11.7. The summed E-state index contributed by atoms with van der Waals surface area (Å²) in [6.45, 7) is -0.427. The van der Waals surface area contributed by atoms with Crippen LogP contribution in [-0.4, -0.2) is 75.9 Å². The Morgan fingerprint density at radius 1 is 1.20 bits per heavy atom. The van der Waals surface area contributed by atoms with Crippen molar-refractivity contribution >= 4 is 12.0 Å². The molecule has 0 saturated carbocycles. The van der Waals surface area contributed by atoms with Crippen LogP contribution in [0.25, 0.3) is 6.08 Å². The largest absolute Gasteiger partial charge is 0.504 e. The molecule has 0 radical (unpaired) electrons. The molecule has 0 aliphatic carbocycles. The molecule has 1 fully saturated rings.